The minimum Gasteiger partial charge on any atom is -0.507 e. The van der Waals surface area contributed by atoms with Crippen LogP contribution in [0.4, 0.5) is 0 Å². The van der Waals surface area contributed by atoms with Crippen LogP contribution in [-0.4, -0.2) is 92.6 Å². The lowest BCUT2D eigenvalue weighted by atomic mass is 9.71. The molecule has 1 fully saturated rings. The fourth-order valence-electron chi connectivity index (χ4n) is 6.72. The van der Waals surface area contributed by atoms with E-state index in [0.29, 0.717) is 0 Å². The smallest absolute Gasteiger partial charge is 0.271 e. The summed E-state index contributed by atoms with van der Waals surface area (Å²) in [5.74, 6) is -3.66. The molecular formula is C34H34Cl3N3O11. The van der Waals surface area contributed by atoms with Crippen LogP contribution in [0.1, 0.15) is 79.2 Å². The normalized spacial score (nSPS) is 25.6. The zero-order valence-corrected chi connectivity index (χ0v) is 29.4. The predicted molar refractivity (Wildman–Crippen MR) is 185 cm³/mol. The van der Waals surface area contributed by atoms with E-state index in [2.05, 4.69) is 10.5 Å². The van der Waals surface area contributed by atoms with Crippen molar-refractivity contribution in [2.45, 2.75) is 62.4 Å². The molecule has 3 aliphatic rings. The molecule has 17 heteroatoms. The number of hydrazone groups is 1. The van der Waals surface area contributed by atoms with E-state index in [9.17, 15) is 39.9 Å². The number of benzene rings is 3. The first-order chi connectivity index (χ1) is 23.7. The molecular weight excluding hydrogens is 733 g/mol. The summed E-state index contributed by atoms with van der Waals surface area (Å²) in [6.45, 7) is 0.684. The highest BCUT2D eigenvalue weighted by Gasteiger charge is 2.49. The molecule has 2 aliphatic carbocycles. The number of fused-ring (bicyclic) bond motifs is 3. The van der Waals surface area contributed by atoms with Gasteiger partial charge in [-0.2, -0.15) is 5.10 Å². The summed E-state index contributed by atoms with van der Waals surface area (Å²) in [7, 11) is 1.32. The molecule has 0 spiro atoms. The number of hydrogen-bond acceptors (Lipinski definition) is 13. The number of aromatic hydroxyl groups is 2. The monoisotopic (exact) mass is 765 g/mol. The maximum Gasteiger partial charge on any atom is 0.271 e. The largest absolute Gasteiger partial charge is 0.507 e. The second-order valence-electron chi connectivity index (χ2n) is 12.4. The van der Waals surface area contributed by atoms with E-state index in [0.717, 1.165) is 0 Å². The molecule has 14 nitrogen and oxygen atoms in total. The third-order valence-corrected chi connectivity index (χ3v) is 10.0. The molecule has 0 saturated carbocycles. The number of methoxy groups -OCH3 is 1. The highest BCUT2D eigenvalue weighted by atomic mass is 35.5. The van der Waals surface area contributed by atoms with Crippen molar-refractivity contribution >= 4 is 58.8 Å². The summed E-state index contributed by atoms with van der Waals surface area (Å²) < 4.78 is 17.4. The van der Waals surface area contributed by atoms with Crippen LogP contribution >= 0.6 is 35.6 Å². The number of carbonyl (C=O) groups excluding carboxylic acids is 3. The van der Waals surface area contributed by atoms with Gasteiger partial charge in [0.25, 0.3) is 5.91 Å². The van der Waals surface area contributed by atoms with Gasteiger partial charge >= 0.3 is 0 Å². The van der Waals surface area contributed by atoms with E-state index in [1.165, 1.54) is 43.5 Å². The number of ether oxygens (including phenoxy) is 3. The SMILES string of the molecule is COc1cccc2c1C(=O)c1c(O)c3c(c(O)c1C2=O)C[C@@](O)(/C(CO)=N/NC(=O)c1ccc(Cl)c(Cl)c1)C[C@@H]3OC1CC(N)C(O)C(C)O1.Cl. The lowest BCUT2D eigenvalue weighted by Gasteiger charge is -2.43. The molecule has 1 aliphatic heterocycles. The van der Waals surface area contributed by atoms with Gasteiger partial charge in [-0.1, -0.05) is 35.3 Å². The van der Waals surface area contributed by atoms with Gasteiger partial charge in [-0.3, -0.25) is 14.4 Å². The average molecular weight is 767 g/mol. The first-order valence-corrected chi connectivity index (χ1v) is 16.2. The van der Waals surface area contributed by atoms with Crippen molar-refractivity contribution in [2.75, 3.05) is 13.7 Å². The minimum atomic E-state index is -2.18. The standard InChI is InChI=1S/C34H33Cl2N3O11.ClH/c1-13-28(41)19(37)9-23(49-13)50-21-11-34(47,22(12-40)38-39-33(46)14-6-7-17(35)18(36)8-14)10-16-25(21)32(45)27-26(30(16)43)29(42)15-4-3-5-20(48-2)24(15)31(27)44;/h3-8,13,19,21,23,28,40-41,43,45,47H,9-12,37H2,1-2H3,(H,39,46);1H/b38-22+;/t13?,19?,21-,23?,28?,34-;/m0./s1. The van der Waals surface area contributed by atoms with Gasteiger partial charge in [0.15, 0.2) is 12.1 Å². The van der Waals surface area contributed by atoms with E-state index in [4.69, 9.17) is 43.1 Å². The van der Waals surface area contributed by atoms with E-state index >= 15 is 0 Å². The summed E-state index contributed by atoms with van der Waals surface area (Å²) in [5.41, 5.74) is 4.41. The molecule has 3 aromatic carbocycles. The first kappa shape index (κ1) is 38.4. The van der Waals surface area contributed by atoms with Gasteiger partial charge in [-0.25, -0.2) is 5.43 Å². The van der Waals surface area contributed by atoms with Crippen LogP contribution in [0.2, 0.25) is 10.0 Å². The number of nitrogens with one attached hydrogen (secondary N) is 1. The Bertz CT molecular complexity index is 1950. The molecule has 1 heterocycles. The molecule has 6 atom stereocenters. The molecule has 272 valence electrons. The number of halogens is 3. The number of hydrogen-bond donors (Lipinski definition) is 7. The van der Waals surface area contributed by atoms with Crippen LogP contribution < -0.4 is 15.9 Å². The number of aliphatic hydroxyl groups is 3. The van der Waals surface area contributed by atoms with Crippen molar-refractivity contribution in [3.05, 3.63) is 85.4 Å². The fourth-order valence-corrected chi connectivity index (χ4v) is 7.02. The summed E-state index contributed by atoms with van der Waals surface area (Å²) in [4.78, 5) is 40.7. The number of nitrogens with two attached hydrogens (primary N) is 1. The first-order valence-electron chi connectivity index (χ1n) is 15.5. The van der Waals surface area contributed by atoms with E-state index in [1.54, 1.807) is 6.92 Å². The molecule has 0 aromatic heterocycles. The zero-order chi connectivity index (χ0) is 36.2. The number of phenolic OH excluding ortho intramolecular Hbond substituents is 2. The fraction of sp³-hybridized carbons (Fsp3) is 0.353. The van der Waals surface area contributed by atoms with Gasteiger partial charge in [0, 0.05) is 47.6 Å². The highest BCUT2D eigenvalue weighted by molar-refractivity contribution is 6.42. The Morgan fingerprint density at radius 2 is 1.80 bits per heavy atom. The summed E-state index contributed by atoms with van der Waals surface area (Å²) >= 11 is 12.0. The average Bonchev–Trinajstić information content (AvgIpc) is 3.08. The molecule has 3 aromatic rings. The van der Waals surface area contributed by atoms with Crippen molar-refractivity contribution in [3.63, 3.8) is 0 Å². The quantitative estimate of drug-likeness (QED) is 0.0818. The van der Waals surface area contributed by atoms with Crippen LogP contribution in [0.25, 0.3) is 0 Å². The van der Waals surface area contributed by atoms with E-state index in [1.807, 2.05) is 0 Å². The van der Waals surface area contributed by atoms with Gasteiger partial charge in [-0.15, -0.1) is 12.4 Å². The van der Waals surface area contributed by atoms with Gasteiger partial charge < -0.3 is 45.5 Å². The Kier molecular flexibility index (Phi) is 11.0. The number of amides is 1. The Morgan fingerprint density at radius 3 is 2.45 bits per heavy atom. The van der Waals surface area contributed by atoms with Gasteiger partial charge in [0.2, 0.25) is 5.78 Å². The topological polar surface area (TPSA) is 230 Å². The highest BCUT2D eigenvalue weighted by Crippen LogP contribution is 2.52. The summed E-state index contributed by atoms with van der Waals surface area (Å²) in [6, 6.07) is 7.66. The second-order valence-corrected chi connectivity index (χ2v) is 13.2. The Hall–Kier alpha value is -3.83. The van der Waals surface area contributed by atoms with Crippen LogP contribution in [0.3, 0.4) is 0 Å². The predicted octanol–water partition coefficient (Wildman–Crippen LogP) is 2.95. The number of aliphatic hydroxyl groups excluding tert-OH is 2. The number of ketones is 2. The number of phenols is 2. The molecule has 0 bridgehead atoms. The molecule has 51 heavy (non-hydrogen) atoms. The van der Waals surface area contributed by atoms with Crippen molar-refractivity contribution < 1.29 is 54.1 Å². The lowest BCUT2D eigenvalue weighted by molar-refractivity contribution is -0.245. The van der Waals surface area contributed by atoms with Crippen molar-refractivity contribution in [1.29, 1.82) is 0 Å². The zero-order valence-electron chi connectivity index (χ0n) is 27.1. The third-order valence-electron chi connectivity index (χ3n) is 9.30. The maximum atomic E-state index is 13.9. The van der Waals surface area contributed by atoms with E-state index < -0.39 is 95.8 Å². The molecule has 6 rings (SSSR count). The molecule has 0 radical (unpaired) electrons. The second kappa shape index (κ2) is 14.7. The maximum absolute atomic E-state index is 13.9. The van der Waals surface area contributed by atoms with Crippen LogP contribution in [0.5, 0.6) is 17.2 Å². The van der Waals surface area contributed by atoms with Crippen molar-refractivity contribution in [1.82, 2.24) is 5.43 Å². The van der Waals surface area contributed by atoms with E-state index in [-0.39, 0.29) is 68.2 Å². The summed E-state index contributed by atoms with van der Waals surface area (Å²) in [5, 5.41) is 60.7. The number of carbonyl (C=O) groups is 3. The van der Waals surface area contributed by atoms with Crippen LogP contribution in [0.15, 0.2) is 41.5 Å². The van der Waals surface area contributed by atoms with Gasteiger partial charge in [0.05, 0.1) is 64.5 Å². The summed E-state index contributed by atoms with van der Waals surface area (Å²) in [6.07, 6.45) is -5.31. The molecule has 8 N–H and O–H groups in total. The van der Waals surface area contributed by atoms with Crippen molar-refractivity contribution in [3.8, 4) is 17.2 Å². The Labute approximate surface area is 307 Å². The van der Waals surface area contributed by atoms with Gasteiger partial charge in [0.1, 0.15) is 22.8 Å². The van der Waals surface area contributed by atoms with Crippen LogP contribution in [-0.2, 0) is 15.9 Å². The van der Waals surface area contributed by atoms with Crippen LogP contribution in [0, 0.1) is 0 Å². The molecule has 1 saturated heterocycles. The Balaban J connectivity index is 0.00000504. The van der Waals surface area contributed by atoms with Crippen molar-refractivity contribution in [2.24, 2.45) is 10.8 Å². The third kappa shape index (κ3) is 6.67. The number of nitrogens with zero attached hydrogens (tertiary/aromatic N) is 1. The number of rotatable bonds is 7. The molecule has 1 amide bonds. The minimum absolute atomic E-state index is 0. The van der Waals surface area contributed by atoms with Gasteiger partial charge in [-0.05, 0) is 31.2 Å². The lowest BCUT2D eigenvalue weighted by Crippen LogP contribution is -2.53. The molecule has 4 unspecified atom stereocenters. The Morgan fingerprint density at radius 1 is 1.10 bits per heavy atom.